The van der Waals surface area contributed by atoms with Crippen molar-refractivity contribution in [3.05, 3.63) is 39.2 Å². The van der Waals surface area contributed by atoms with Gasteiger partial charge in [-0.1, -0.05) is 15.9 Å². The van der Waals surface area contributed by atoms with Crippen LogP contribution in [-0.4, -0.2) is 15.8 Å². The summed E-state index contributed by atoms with van der Waals surface area (Å²) in [5.74, 6) is 0. The lowest BCUT2D eigenvalue weighted by Gasteiger charge is -2.05. The molecule has 0 saturated carbocycles. The van der Waals surface area contributed by atoms with Gasteiger partial charge in [-0.05, 0) is 18.2 Å². The third-order valence-electron chi connectivity index (χ3n) is 2.07. The van der Waals surface area contributed by atoms with Crippen molar-refractivity contribution in [2.75, 3.05) is 0 Å². The van der Waals surface area contributed by atoms with Gasteiger partial charge in [-0.2, -0.15) is 0 Å². The minimum Gasteiger partial charge on any atom is -0.301 e. The zero-order chi connectivity index (χ0) is 10.8. The van der Waals surface area contributed by atoms with Gasteiger partial charge in [-0.25, -0.2) is 4.98 Å². The molecule has 0 aliphatic carbocycles. The van der Waals surface area contributed by atoms with Crippen LogP contribution in [0, 0.1) is 0 Å². The Morgan fingerprint density at radius 1 is 1.47 bits per heavy atom. The Hall–Kier alpha value is -1.49. The van der Waals surface area contributed by atoms with Gasteiger partial charge >= 0.3 is 0 Å². The predicted molar refractivity (Wildman–Crippen MR) is 59.8 cm³/mol. The van der Waals surface area contributed by atoms with Gasteiger partial charge in [0.2, 0.25) is 0 Å². The lowest BCUT2D eigenvalue weighted by molar-refractivity contribution is -0.108. The molecule has 76 valence electrons. The van der Waals surface area contributed by atoms with Crippen LogP contribution in [0.3, 0.4) is 0 Å². The number of hydrogen-bond acceptors (Lipinski definition) is 3. The maximum Gasteiger partial charge on any atom is 0.269 e. The number of rotatable bonds is 2. The van der Waals surface area contributed by atoms with E-state index in [1.807, 2.05) is 6.07 Å². The molecule has 0 aliphatic rings. The zero-order valence-electron chi connectivity index (χ0n) is 7.68. The Balaban J connectivity index is 2.84. The van der Waals surface area contributed by atoms with E-state index in [4.69, 9.17) is 0 Å². The van der Waals surface area contributed by atoms with E-state index < -0.39 is 0 Å². The van der Waals surface area contributed by atoms with Crippen LogP contribution in [0.25, 0.3) is 11.0 Å². The maximum atomic E-state index is 11.5. The predicted octanol–water partition coefficient (Wildman–Crippen LogP) is 1.36. The highest BCUT2D eigenvalue weighted by atomic mass is 79.9. The first-order chi connectivity index (χ1) is 7.22. The van der Waals surface area contributed by atoms with Gasteiger partial charge in [-0.3, -0.25) is 9.36 Å². The molecular formula is C10H7BrN2O2. The van der Waals surface area contributed by atoms with Crippen molar-refractivity contribution in [2.24, 2.45) is 0 Å². The minimum atomic E-state index is -0.271. The molecule has 0 radical (unpaired) electrons. The van der Waals surface area contributed by atoms with Crippen molar-refractivity contribution in [3.63, 3.8) is 0 Å². The molecule has 1 heterocycles. The van der Waals surface area contributed by atoms with E-state index in [0.29, 0.717) is 17.3 Å². The van der Waals surface area contributed by atoms with Gasteiger partial charge in [0.25, 0.3) is 5.56 Å². The molecule has 0 aliphatic heterocycles. The van der Waals surface area contributed by atoms with E-state index in [9.17, 15) is 9.59 Å². The van der Waals surface area contributed by atoms with Crippen LogP contribution >= 0.6 is 15.9 Å². The van der Waals surface area contributed by atoms with Crippen LogP contribution in [0.4, 0.5) is 0 Å². The number of nitrogens with zero attached hydrogens (tertiary/aromatic N) is 2. The maximum absolute atomic E-state index is 11.5. The van der Waals surface area contributed by atoms with E-state index in [0.717, 1.165) is 4.47 Å². The third-order valence-corrected chi connectivity index (χ3v) is 2.56. The standard InChI is InChI=1S/C10H7BrN2O2/c11-7-1-2-8-9(5-7)13(3-4-14)10(15)6-12-8/h1-2,4-6H,3H2. The molecule has 0 N–H and O–H groups in total. The molecule has 0 saturated heterocycles. The Morgan fingerprint density at radius 2 is 2.27 bits per heavy atom. The Morgan fingerprint density at radius 3 is 3.00 bits per heavy atom. The second-order valence-electron chi connectivity index (χ2n) is 3.01. The largest absolute Gasteiger partial charge is 0.301 e. The average molecular weight is 267 g/mol. The highest BCUT2D eigenvalue weighted by molar-refractivity contribution is 9.10. The van der Waals surface area contributed by atoms with E-state index in [-0.39, 0.29) is 12.1 Å². The molecular weight excluding hydrogens is 260 g/mol. The first kappa shape index (κ1) is 10.0. The van der Waals surface area contributed by atoms with Crippen LogP contribution in [0.5, 0.6) is 0 Å². The molecule has 2 rings (SSSR count). The number of halogens is 1. The van der Waals surface area contributed by atoms with Crippen LogP contribution in [-0.2, 0) is 11.3 Å². The molecule has 15 heavy (non-hydrogen) atoms. The molecule has 0 bridgehead atoms. The van der Waals surface area contributed by atoms with Gasteiger partial charge in [0, 0.05) is 4.47 Å². The second kappa shape index (κ2) is 3.94. The summed E-state index contributed by atoms with van der Waals surface area (Å²) in [6, 6.07) is 5.40. The summed E-state index contributed by atoms with van der Waals surface area (Å²) < 4.78 is 2.24. The van der Waals surface area contributed by atoms with Gasteiger partial charge < -0.3 is 4.79 Å². The fourth-order valence-corrected chi connectivity index (χ4v) is 1.75. The summed E-state index contributed by atoms with van der Waals surface area (Å²) in [4.78, 5) is 25.9. The first-order valence-electron chi connectivity index (χ1n) is 4.31. The van der Waals surface area contributed by atoms with Crippen molar-refractivity contribution in [3.8, 4) is 0 Å². The molecule has 0 spiro atoms. The zero-order valence-corrected chi connectivity index (χ0v) is 9.27. The molecule has 0 fully saturated rings. The number of aromatic nitrogens is 2. The summed E-state index contributed by atoms with van der Waals surface area (Å²) in [5.41, 5.74) is 1.08. The number of carbonyl (C=O) groups excluding carboxylic acids is 1. The summed E-state index contributed by atoms with van der Waals surface area (Å²) >= 11 is 3.31. The van der Waals surface area contributed by atoms with E-state index in [2.05, 4.69) is 20.9 Å². The number of hydrogen-bond donors (Lipinski definition) is 0. The number of aldehydes is 1. The lowest BCUT2D eigenvalue weighted by Crippen LogP contribution is -2.21. The van der Waals surface area contributed by atoms with E-state index in [1.165, 1.54) is 10.8 Å². The van der Waals surface area contributed by atoms with Crippen LogP contribution in [0.15, 0.2) is 33.7 Å². The Kier molecular flexibility index (Phi) is 2.64. The highest BCUT2D eigenvalue weighted by Gasteiger charge is 2.03. The quantitative estimate of drug-likeness (QED) is 0.772. The van der Waals surface area contributed by atoms with Crippen molar-refractivity contribution >= 4 is 33.2 Å². The second-order valence-corrected chi connectivity index (χ2v) is 3.92. The SMILES string of the molecule is O=CCn1c(=O)cnc2ccc(Br)cc21. The summed E-state index contributed by atoms with van der Waals surface area (Å²) in [6.07, 6.45) is 1.92. The molecule has 0 atom stereocenters. The number of carbonyl (C=O) groups is 1. The summed E-state index contributed by atoms with van der Waals surface area (Å²) in [7, 11) is 0. The Bertz CT molecular complexity index is 577. The van der Waals surface area contributed by atoms with Crippen molar-refractivity contribution < 1.29 is 4.79 Å². The summed E-state index contributed by atoms with van der Waals surface area (Å²) in [6.45, 7) is 0.0499. The van der Waals surface area contributed by atoms with Crippen molar-refractivity contribution in [1.29, 1.82) is 0 Å². The highest BCUT2D eigenvalue weighted by Crippen LogP contribution is 2.16. The van der Waals surface area contributed by atoms with Crippen LogP contribution in [0.2, 0.25) is 0 Å². The molecule has 1 aromatic carbocycles. The monoisotopic (exact) mass is 266 g/mol. The number of fused-ring (bicyclic) bond motifs is 1. The van der Waals surface area contributed by atoms with Gasteiger partial charge in [0.15, 0.2) is 0 Å². The Labute approximate surface area is 93.7 Å². The summed E-state index contributed by atoms with van der Waals surface area (Å²) in [5, 5.41) is 0. The average Bonchev–Trinajstić information content (AvgIpc) is 2.23. The van der Waals surface area contributed by atoms with Crippen LogP contribution in [0.1, 0.15) is 0 Å². The molecule has 1 aromatic heterocycles. The van der Waals surface area contributed by atoms with Gasteiger partial charge in [0.1, 0.15) is 6.29 Å². The fraction of sp³-hybridized carbons (Fsp3) is 0.100. The van der Waals surface area contributed by atoms with E-state index in [1.54, 1.807) is 12.1 Å². The normalized spacial score (nSPS) is 10.5. The first-order valence-corrected chi connectivity index (χ1v) is 5.10. The van der Waals surface area contributed by atoms with Gasteiger partial charge in [0.05, 0.1) is 23.8 Å². The molecule has 4 nitrogen and oxygen atoms in total. The van der Waals surface area contributed by atoms with E-state index >= 15 is 0 Å². The topological polar surface area (TPSA) is 52.0 Å². The molecule has 5 heteroatoms. The molecule has 2 aromatic rings. The van der Waals surface area contributed by atoms with Crippen molar-refractivity contribution in [2.45, 2.75) is 6.54 Å². The molecule has 0 amide bonds. The number of benzene rings is 1. The van der Waals surface area contributed by atoms with Gasteiger partial charge in [-0.15, -0.1) is 0 Å². The lowest BCUT2D eigenvalue weighted by atomic mass is 10.3. The third kappa shape index (κ3) is 1.83. The fourth-order valence-electron chi connectivity index (χ4n) is 1.40. The minimum absolute atomic E-state index is 0.0499. The molecule has 0 unspecified atom stereocenters. The van der Waals surface area contributed by atoms with Crippen molar-refractivity contribution in [1.82, 2.24) is 9.55 Å². The van der Waals surface area contributed by atoms with Crippen LogP contribution < -0.4 is 5.56 Å². The smallest absolute Gasteiger partial charge is 0.269 e.